The van der Waals surface area contributed by atoms with E-state index >= 15 is 0 Å². The summed E-state index contributed by atoms with van der Waals surface area (Å²) in [6.45, 7) is 2.38. The Balaban J connectivity index is 2.81. The average molecular weight is 224 g/mol. The predicted octanol–water partition coefficient (Wildman–Crippen LogP) is 1.43. The molecule has 0 aliphatic carbocycles. The Bertz CT molecular complexity index is 301. The van der Waals surface area contributed by atoms with Crippen molar-refractivity contribution in [3.05, 3.63) is 30.3 Å². The summed E-state index contributed by atoms with van der Waals surface area (Å²) in [6, 6.07) is 9.86. The first kappa shape index (κ1) is 13.0. The van der Waals surface area contributed by atoms with E-state index in [9.17, 15) is 0 Å². The van der Waals surface area contributed by atoms with Crippen molar-refractivity contribution in [3.63, 3.8) is 0 Å². The van der Waals surface area contributed by atoms with Gasteiger partial charge in [-0.3, -0.25) is 0 Å². The van der Waals surface area contributed by atoms with Crippen LogP contribution in [0.5, 0.6) is 0 Å². The van der Waals surface area contributed by atoms with Crippen LogP contribution in [-0.4, -0.2) is 32.6 Å². The minimum absolute atomic E-state index is 0.391. The van der Waals surface area contributed by atoms with Gasteiger partial charge in [0.05, 0.1) is 5.54 Å². The summed E-state index contributed by atoms with van der Waals surface area (Å²) in [6.07, 6.45) is -0.391. The van der Waals surface area contributed by atoms with Crippen molar-refractivity contribution >= 4 is 5.69 Å². The molecule has 0 fully saturated rings. The number of rotatable bonds is 6. The summed E-state index contributed by atoms with van der Waals surface area (Å²) >= 11 is 0. The molecule has 4 heteroatoms. The van der Waals surface area contributed by atoms with Crippen LogP contribution in [0.2, 0.25) is 0 Å². The van der Waals surface area contributed by atoms with Crippen LogP contribution in [0.25, 0.3) is 0 Å². The lowest BCUT2D eigenvalue weighted by Crippen LogP contribution is -2.54. The molecule has 0 heterocycles. The standard InChI is InChI=1S/C12H20N2O2/c1-12(9-13,11(15-2)16-3)14-10-7-5-4-6-8-10/h4-8,11,14H,9,13H2,1-3H3. The Morgan fingerprint density at radius 2 is 1.81 bits per heavy atom. The summed E-state index contributed by atoms with van der Waals surface area (Å²) in [7, 11) is 3.21. The summed E-state index contributed by atoms with van der Waals surface area (Å²) in [5, 5.41) is 3.33. The molecule has 0 saturated heterocycles. The fourth-order valence-corrected chi connectivity index (χ4v) is 1.67. The lowest BCUT2D eigenvalue weighted by atomic mass is 10.0. The molecule has 1 aromatic carbocycles. The quantitative estimate of drug-likeness (QED) is 0.718. The Morgan fingerprint density at radius 3 is 2.25 bits per heavy atom. The van der Waals surface area contributed by atoms with Gasteiger partial charge < -0.3 is 20.5 Å². The van der Waals surface area contributed by atoms with Gasteiger partial charge in [0.1, 0.15) is 0 Å². The van der Waals surface area contributed by atoms with E-state index < -0.39 is 11.8 Å². The van der Waals surface area contributed by atoms with Crippen LogP contribution in [0, 0.1) is 0 Å². The fraction of sp³-hybridized carbons (Fsp3) is 0.500. The number of nitrogens with two attached hydrogens (primary N) is 1. The van der Waals surface area contributed by atoms with Crippen LogP contribution in [0.4, 0.5) is 5.69 Å². The number of benzene rings is 1. The van der Waals surface area contributed by atoms with Gasteiger partial charge in [0.2, 0.25) is 0 Å². The molecular formula is C12H20N2O2. The van der Waals surface area contributed by atoms with Gasteiger partial charge in [0.25, 0.3) is 0 Å². The molecule has 0 bridgehead atoms. The molecule has 0 radical (unpaired) electrons. The molecule has 0 saturated carbocycles. The number of ether oxygens (including phenoxy) is 2. The number of methoxy groups -OCH3 is 2. The molecule has 0 aliphatic heterocycles. The van der Waals surface area contributed by atoms with Gasteiger partial charge in [-0.1, -0.05) is 18.2 Å². The van der Waals surface area contributed by atoms with Crippen LogP contribution in [-0.2, 0) is 9.47 Å². The lowest BCUT2D eigenvalue weighted by Gasteiger charge is -2.36. The van der Waals surface area contributed by atoms with Crippen LogP contribution in [0.1, 0.15) is 6.92 Å². The first-order valence-electron chi connectivity index (χ1n) is 5.25. The van der Waals surface area contributed by atoms with Crippen LogP contribution in [0.3, 0.4) is 0 Å². The zero-order valence-corrected chi connectivity index (χ0v) is 10.1. The second-order valence-electron chi connectivity index (χ2n) is 3.92. The van der Waals surface area contributed by atoms with E-state index in [1.165, 1.54) is 0 Å². The third kappa shape index (κ3) is 2.95. The Labute approximate surface area is 96.7 Å². The molecule has 1 unspecified atom stereocenters. The van der Waals surface area contributed by atoms with Crippen molar-refractivity contribution < 1.29 is 9.47 Å². The van der Waals surface area contributed by atoms with E-state index in [2.05, 4.69) is 5.32 Å². The first-order valence-corrected chi connectivity index (χ1v) is 5.25. The smallest absolute Gasteiger partial charge is 0.180 e. The number of anilines is 1. The number of hydrogen-bond acceptors (Lipinski definition) is 4. The molecule has 0 spiro atoms. The summed E-state index contributed by atoms with van der Waals surface area (Å²) in [4.78, 5) is 0. The third-order valence-corrected chi connectivity index (χ3v) is 2.58. The maximum Gasteiger partial charge on any atom is 0.180 e. The van der Waals surface area contributed by atoms with Crippen molar-refractivity contribution in [1.82, 2.24) is 0 Å². The normalized spacial score (nSPS) is 14.8. The maximum absolute atomic E-state index is 5.78. The Morgan fingerprint density at radius 1 is 1.25 bits per heavy atom. The lowest BCUT2D eigenvalue weighted by molar-refractivity contribution is -0.134. The Kier molecular flexibility index (Phi) is 4.73. The maximum atomic E-state index is 5.78. The topological polar surface area (TPSA) is 56.5 Å². The molecule has 1 aromatic rings. The summed E-state index contributed by atoms with van der Waals surface area (Å²) in [5.41, 5.74) is 6.33. The highest BCUT2D eigenvalue weighted by Gasteiger charge is 2.33. The molecule has 0 aliphatic rings. The largest absolute Gasteiger partial charge is 0.374 e. The molecule has 4 nitrogen and oxygen atoms in total. The van der Waals surface area contributed by atoms with Crippen LogP contribution in [0.15, 0.2) is 30.3 Å². The van der Waals surface area contributed by atoms with Gasteiger partial charge in [-0.2, -0.15) is 0 Å². The minimum Gasteiger partial charge on any atom is -0.374 e. The second-order valence-corrected chi connectivity index (χ2v) is 3.92. The van der Waals surface area contributed by atoms with E-state index in [1.54, 1.807) is 14.2 Å². The Hall–Kier alpha value is -1.10. The van der Waals surface area contributed by atoms with E-state index in [-0.39, 0.29) is 0 Å². The molecular weight excluding hydrogens is 204 g/mol. The molecule has 3 N–H and O–H groups in total. The summed E-state index contributed by atoms with van der Waals surface area (Å²) in [5.74, 6) is 0. The second kappa shape index (κ2) is 5.84. The van der Waals surface area contributed by atoms with Crippen molar-refractivity contribution in [2.75, 3.05) is 26.1 Å². The first-order chi connectivity index (χ1) is 7.66. The van der Waals surface area contributed by atoms with E-state index in [1.807, 2.05) is 37.3 Å². The van der Waals surface area contributed by atoms with Gasteiger partial charge in [-0.25, -0.2) is 0 Å². The SMILES string of the molecule is COC(OC)C(C)(CN)Nc1ccccc1. The third-order valence-electron chi connectivity index (χ3n) is 2.58. The predicted molar refractivity (Wildman–Crippen MR) is 65.3 cm³/mol. The van der Waals surface area contributed by atoms with Crippen molar-refractivity contribution in [2.45, 2.75) is 18.8 Å². The van der Waals surface area contributed by atoms with Crippen LogP contribution < -0.4 is 11.1 Å². The monoisotopic (exact) mass is 224 g/mol. The molecule has 0 aromatic heterocycles. The highest BCUT2D eigenvalue weighted by Crippen LogP contribution is 2.19. The molecule has 1 atom stereocenters. The van der Waals surface area contributed by atoms with Gasteiger partial charge in [0.15, 0.2) is 6.29 Å². The zero-order valence-electron chi connectivity index (χ0n) is 10.1. The highest BCUT2D eigenvalue weighted by molar-refractivity contribution is 5.45. The van der Waals surface area contributed by atoms with E-state index in [0.29, 0.717) is 6.54 Å². The van der Waals surface area contributed by atoms with Gasteiger partial charge >= 0.3 is 0 Å². The van der Waals surface area contributed by atoms with Gasteiger partial charge in [-0.15, -0.1) is 0 Å². The molecule has 0 amide bonds. The van der Waals surface area contributed by atoms with Gasteiger partial charge in [-0.05, 0) is 19.1 Å². The number of hydrogen-bond donors (Lipinski definition) is 2. The molecule has 90 valence electrons. The van der Waals surface area contributed by atoms with Crippen molar-refractivity contribution in [2.24, 2.45) is 5.73 Å². The number of para-hydroxylation sites is 1. The molecule has 1 rings (SSSR count). The van der Waals surface area contributed by atoms with Gasteiger partial charge in [0, 0.05) is 26.5 Å². The van der Waals surface area contributed by atoms with E-state index in [4.69, 9.17) is 15.2 Å². The fourth-order valence-electron chi connectivity index (χ4n) is 1.67. The minimum atomic E-state index is -0.454. The highest BCUT2D eigenvalue weighted by atomic mass is 16.7. The number of nitrogens with one attached hydrogen (secondary N) is 1. The van der Waals surface area contributed by atoms with Crippen molar-refractivity contribution in [3.8, 4) is 0 Å². The molecule has 16 heavy (non-hydrogen) atoms. The van der Waals surface area contributed by atoms with Crippen LogP contribution >= 0.6 is 0 Å². The average Bonchev–Trinajstić information content (AvgIpc) is 2.32. The zero-order chi connectivity index (χ0) is 12.0. The summed E-state index contributed by atoms with van der Waals surface area (Å²) < 4.78 is 10.5. The van der Waals surface area contributed by atoms with E-state index in [0.717, 1.165) is 5.69 Å². The van der Waals surface area contributed by atoms with Crippen molar-refractivity contribution in [1.29, 1.82) is 0 Å².